The van der Waals surface area contributed by atoms with Crippen molar-refractivity contribution in [2.75, 3.05) is 12.3 Å². The van der Waals surface area contributed by atoms with Crippen molar-refractivity contribution in [3.05, 3.63) is 29.0 Å². The summed E-state index contributed by atoms with van der Waals surface area (Å²) >= 11 is 1.63. The van der Waals surface area contributed by atoms with Gasteiger partial charge in [0.05, 0.1) is 29.6 Å². The van der Waals surface area contributed by atoms with Crippen LogP contribution in [0.2, 0.25) is 0 Å². The summed E-state index contributed by atoms with van der Waals surface area (Å²) in [6.07, 6.45) is 4.50. The average Bonchev–Trinajstić information content (AvgIpc) is 3.18. The lowest BCUT2D eigenvalue weighted by Gasteiger charge is -2.33. The highest BCUT2D eigenvalue weighted by atomic mass is 32.1. The normalized spacial score (nSPS) is 17.7. The molecule has 7 heteroatoms. The maximum Gasteiger partial charge on any atom is 0.215 e. The van der Waals surface area contributed by atoms with Gasteiger partial charge in [-0.05, 0) is 28.2 Å². The fourth-order valence-corrected chi connectivity index (χ4v) is 5.08. The van der Waals surface area contributed by atoms with Crippen molar-refractivity contribution in [3.63, 3.8) is 0 Å². The predicted octanol–water partition coefficient (Wildman–Crippen LogP) is 4.14. The van der Waals surface area contributed by atoms with Gasteiger partial charge in [-0.3, -0.25) is 0 Å². The van der Waals surface area contributed by atoms with E-state index in [0.29, 0.717) is 11.7 Å². The van der Waals surface area contributed by atoms with Crippen molar-refractivity contribution in [1.82, 2.24) is 19.7 Å². The maximum absolute atomic E-state index is 6.16. The van der Waals surface area contributed by atoms with E-state index in [9.17, 15) is 0 Å². The zero-order valence-electron chi connectivity index (χ0n) is 16.6. The van der Waals surface area contributed by atoms with Crippen LogP contribution < -0.4 is 10.5 Å². The van der Waals surface area contributed by atoms with Crippen LogP contribution in [-0.2, 0) is 17.4 Å². The van der Waals surface area contributed by atoms with Gasteiger partial charge in [0.25, 0.3) is 0 Å². The quantitative estimate of drug-likeness (QED) is 0.733. The molecule has 144 valence electrons. The number of rotatable bonds is 3. The summed E-state index contributed by atoms with van der Waals surface area (Å²) in [5.74, 6) is 1.89. The number of thiophene rings is 1. The molecule has 0 aliphatic carbocycles. The minimum atomic E-state index is -0.0371. The van der Waals surface area contributed by atoms with E-state index in [0.717, 1.165) is 35.7 Å². The molecule has 0 radical (unpaired) electrons. The van der Waals surface area contributed by atoms with E-state index >= 15 is 0 Å². The molecule has 0 bridgehead atoms. The molecule has 0 saturated carbocycles. The van der Waals surface area contributed by atoms with Gasteiger partial charge < -0.3 is 10.5 Å². The largest absolute Gasteiger partial charge is 0.477 e. The van der Waals surface area contributed by atoms with E-state index in [4.69, 9.17) is 10.5 Å². The van der Waals surface area contributed by atoms with Crippen molar-refractivity contribution in [2.45, 2.75) is 58.4 Å². The summed E-state index contributed by atoms with van der Waals surface area (Å²) in [6, 6.07) is 0. The fourth-order valence-electron chi connectivity index (χ4n) is 3.97. The van der Waals surface area contributed by atoms with E-state index in [1.165, 1.54) is 11.1 Å². The van der Waals surface area contributed by atoms with Crippen molar-refractivity contribution in [1.29, 1.82) is 0 Å². The highest BCUT2D eigenvalue weighted by Crippen LogP contribution is 2.41. The van der Waals surface area contributed by atoms with Gasteiger partial charge in [-0.1, -0.05) is 34.6 Å². The van der Waals surface area contributed by atoms with Crippen LogP contribution in [0, 0.1) is 5.92 Å². The Morgan fingerprint density at radius 2 is 2.00 bits per heavy atom. The highest BCUT2D eigenvalue weighted by Gasteiger charge is 2.34. The first-order chi connectivity index (χ1) is 12.7. The SMILES string of the molecule is CC(C)(C)c1cnn2c1OCC(CC(C)(C)c1csc3c(N)ncnc13)C2. The van der Waals surface area contributed by atoms with Crippen molar-refractivity contribution in [3.8, 4) is 5.88 Å². The highest BCUT2D eigenvalue weighted by molar-refractivity contribution is 7.18. The summed E-state index contributed by atoms with van der Waals surface area (Å²) in [5.41, 5.74) is 9.40. The van der Waals surface area contributed by atoms with E-state index < -0.39 is 0 Å². The number of ether oxygens (including phenoxy) is 1. The molecule has 1 aliphatic rings. The molecule has 1 unspecified atom stereocenters. The van der Waals surface area contributed by atoms with E-state index in [1.54, 1.807) is 17.7 Å². The molecular formula is C20H27N5OS. The molecule has 1 atom stereocenters. The molecule has 0 spiro atoms. The van der Waals surface area contributed by atoms with Gasteiger partial charge >= 0.3 is 0 Å². The van der Waals surface area contributed by atoms with Crippen LogP contribution in [0.25, 0.3) is 10.2 Å². The molecule has 3 aromatic rings. The molecule has 1 aliphatic heterocycles. The third-order valence-corrected chi connectivity index (χ3v) is 6.39. The Hall–Kier alpha value is -2.15. The lowest BCUT2D eigenvalue weighted by Crippen LogP contribution is -2.32. The molecule has 6 nitrogen and oxygen atoms in total. The van der Waals surface area contributed by atoms with Crippen molar-refractivity contribution >= 4 is 27.4 Å². The third-order valence-electron chi connectivity index (χ3n) is 5.40. The molecule has 4 heterocycles. The van der Waals surface area contributed by atoms with Crippen LogP contribution in [0.15, 0.2) is 17.9 Å². The van der Waals surface area contributed by atoms with Gasteiger partial charge in [0.15, 0.2) is 0 Å². The molecule has 3 aromatic heterocycles. The third kappa shape index (κ3) is 3.18. The summed E-state index contributed by atoms with van der Waals surface area (Å²) in [5, 5.41) is 6.76. The topological polar surface area (TPSA) is 78.9 Å². The van der Waals surface area contributed by atoms with Gasteiger partial charge in [0, 0.05) is 11.5 Å². The summed E-state index contributed by atoms with van der Waals surface area (Å²) in [6.45, 7) is 12.7. The Bertz CT molecular complexity index is 982. The lowest BCUT2D eigenvalue weighted by molar-refractivity contribution is 0.138. The van der Waals surface area contributed by atoms with Gasteiger partial charge in [0.2, 0.25) is 5.88 Å². The number of nitrogens with two attached hydrogens (primary N) is 1. The van der Waals surface area contributed by atoms with Crippen LogP contribution in [0.1, 0.15) is 52.2 Å². The number of hydrogen-bond donors (Lipinski definition) is 1. The molecule has 27 heavy (non-hydrogen) atoms. The number of nitrogen functional groups attached to an aromatic ring is 1. The minimum Gasteiger partial charge on any atom is -0.477 e. The Balaban J connectivity index is 1.57. The summed E-state index contributed by atoms with van der Waals surface area (Å²) in [4.78, 5) is 8.61. The number of aromatic nitrogens is 4. The van der Waals surface area contributed by atoms with Gasteiger partial charge in [-0.15, -0.1) is 11.3 Å². The minimum absolute atomic E-state index is 0.0366. The molecular weight excluding hydrogens is 358 g/mol. The number of hydrogen-bond acceptors (Lipinski definition) is 6. The first kappa shape index (κ1) is 18.2. The second-order valence-electron chi connectivity index (χ2n) is 9.15. The lowest BCUT2D eigenvalue weighted by atomic mass is 9.77. The second-order valence-corrected chi connectivity index (χ2v) is 10.0. The van der Waals surface area contributed by atoms with Gasteiger partial charge in [0.1, 0.15) is 12.1 Å². The standard InChI is InChI=1S/C20H27N5OS/c1-19(2,3)13-7-24-25-8-12(9-26-18(13)25)6-20(4,5)14-10-27-16-15(14)22-11-23-17(16)21/h7,10-12H,6,8-9H2,1-5H3,(H2,21,22,23). The first-order valence-electron chi connectivity index (χ1n) is 9.34. The van der Waals surface area contributed by atoms with Crippen molar-refractivity contribution in [2.24, 2.45) is 5.92 Å². The first-order valence-corrected chi connectivity index (χ1v) is 10.2. The monoisotopic (exact) mass is 385 g/mol. The molecule has 0 fully saturated rings. The molecule has 4 rings (SSSR count). The van der Waals surface area contributed by atoms with Crippen LogP contribution >= 0.6 is 11.3 Å². The predicted molar refractivity (Wildman–Crippen MR) is 109 cm³/mol. The zero-order chi connectivity index (χ0) is 19.4. The fraction of sp³-hybridized carbons (Fsp3) is 0.550. The van der Waals surface area contributed by atoms with Crippen LogP contribution in [0.5, 0.6) is 5.88 Å². The molecule has 2 N–H and O–H groups in total. The maximum atomic E-state index is 6.16. The molecule has 0 amide bonds. The number of nitrogens with zero attached hydrogens (tertiary/aromatic N) is 4. The van der Waals surface area contributed by atoms with E-state index in [-0.39, 0.29) is 10.8 Å². The Labute approximate surface area is 163 Å². The van der Waals surface area contributed by atoms with Crippen LogP contribution in [0.4, 0.5) is 5.82 Å². The summed E-state index contributed by atoms with van der Waals surface area (Å²) in [7, 11) is 0. The second kappa shape index (κ2) is 6.19. The molecule has 0 aromatic carbocycles. The Morgan fingerprint density at radius 3 is 2.74 bits per heavy atom. The average molecular weight is 386 g/mol. The summed E-state index contributed by atoms with van der Waals surface area (Å²) < 4.78 is 9.16. The molecule has 0 saturated heterocycles. The van der Waals surface area contributed by atoms with E-state index in [2.05, 4.69) is 55.1 Å². The Morgan fingerprint density at radius 1 is 1.22 bits per heavy atom. The van der Waals surface area contributed by atoms with Gasteiger partial charge in [-0.25, -0.2) is 14.6 Å². The van der Waals surface area contributed by atoms with E-state index in [1.807, 2.05) is 10.9 Å². The Kier molecular flexibility index (Phi) is 4.18. The number of fused-ring (bicyclic) bond motifs is 2. The number of anilines is 1. The van der Waals surface area contributed by atoms with Crippen molar-refractivity contribution < 1.29 is 4.74 Å². The van der Waals surface area contributed by atoms with Gasteiger partial charge in [-0.2, -0.15) is 5.10 Å². The van der Waals surface area contributed by atoms with Crippen LogP contribution in [0.3, 0.4) is 0 Å². The zero-order valence-corrected chi connectivity index (χ0v) is 17.4. The smallest absolute Gasteiger partial charge is 0.215 e. The van der Waals surface area contributed by atoms with Crippen LogP contribution in [-0.4, -0.2) is 26.4 Å².